The molecule has 52 heavy (non-hydrogen) atoms. The lowest BCUT2D eigenvalue weighted by Gasteiger charge is -2.26. The van der Waals surface area contributed by atoms with Gasteiger partial charge in [0.05, 0.1) is 73.3 Å². The zero-order chi connectivity index (χ0) is 37.2. The van der Waals surface area contributed by atoms with E-state index in [2.05, 4.69) is 20.5 Å². The number of benzene rings is 2. The number of carbonyl (C=O) groups is 3. The molecule has 2 aromatic heterocycles. The van der Waals surface area contributed by atoms with Crippen LogP contribution in [0.1, 0.15) is 54.4 Å². The Kier molecular flexibility index (Phi) is 13.5. The molecule has 0 bridgehead atoms. The summed E-state index contributed by atoms with van der Waals surface area (Å²) in [4.78, 5) is 51.3. The van der Waals surface area contributed by atoms with Crippen molar-refractivity contribution in [3.8, 4) is 5.75 Å². The van der Waals surface area contributed by atoms with Gasteiger partial charge in [0.2, 0.25) is 5.95 Å². The highest BCUT2D eigenvalue weighted by Crippen LogP contribution is 2.35. The van der Waals surface area contributed by atoms with Crippen LogP contribution in [-0.2, 0) is 27.2 Å². The third-order valence-corrected chi connectivity index (χ3v) is 10.5. The molecule has 16 heteroatoms. The van der Waals surface area contributed by atoms with Gasteiger partial charge in [0.15, 0.2) is 0 Å². The van der Waals surface area contributed by atoms with Gasteiger partial charge < -0.3 is 34.6 Å². The molecule has 4 aromatic rings. The molecule has 0 unspecified atom stereocenters. The largest absolute Gasteiger partial charge is 0.494 e. The molecule has 5 rings (SSSR count). The predicted molar refractivity (Wildman–Crippen MR) is 204 cm³/mol. The van der Waals surface area contributed by atoms with E-state index in [1.54, 1.807) is 30.0 Å². The summed E-state index contributed by atoms with van der Waals surface area (Å²) in [6.45, 7) is 8.90. The van der Waals surface area contributed by atoms with Crippen molar-refractivity contribution in [2.45, 2.75) is 38.1 Å². The molecule has 0 spiro atoms. The second-order valence-electron chi connectivity index (χ2n) is 11.8. The van der Waals surface area contributed by atoms with Crippen LogP contribution >= 0.6 is 23.1 Å². The van der Waals surface area contributed by atoms with Crippen molar-refractivity contribution in [1.82, 2.24) is 19.4 Å². The molecule has 0 atom stereocenters. The number of aryl methyl sites for hydroxylation is 2. The van der Waals surface area contributed by atoms with Gasteiger partial charge in [0.25, 0.3) is 5.91 Å². The zero-order valence-electron chi connectivity index (χ0n) is 30.1. The maximum absolute atomic E-state index is 13.5. The molecule has 4 N–H and O–H groups in total. The molecule has 1 fully saturated rings. The number of allylic oxidation sites excluding steroid dienone is 1. The Balaban J connectivity index is 1.36. The van der Waals surface area contributed by atoms with Gasteiger partial charge in [0.1, 0.15) is 16.1 Å². The molecular weight excluding hydrogens is 707 g/mol. The van der Waals surface area contributed by atoms with Gasteiger partial charge in [-0.05, 0) is 56.3 Å². The van der Waals surface area contributed by atoms with Crippen LogP contribution in [0.3, 0.4) is 0 Å². The van der Waals surface area contributed by atoms with E-state index >= 15 is 0 Å². The van der Waals surface area contributed by atoms with Crippen molar-refractivity contribution < 1.29 is 33.3 Å². The van der Waals surface area contributed by atoms with E-state index in [4.69, 9.17) is 29.7 Å². The molecule has 1 saturated heterocycles. The predicted octanol–water partition coefficient (Wildman–Crippen LogP) is 5.26. The van der Waals surface area contributed by atoms with E-state index in [1.165, 1.54) is 32.7 Å². The van der Waals surface area contributed by atoms with Crippen LogP contribution in [0.5, 0.6) is 5.75 Å². The number of rotatable bonds is 16. The molecule has 2 aromatic carbocycles. The van der Waals surface area contributed by atoms with Crippen molar-refractivity contribution >= 4 is 69.3 Å². The number of thiazole rings is 1. The van der Waals surface area contributed by atoms with Crippen molar-refractivity contribution in [3.63, 3.8) is 0 Å². The molecular formula is C36H45N7O7S2. The Bertz CT molecular complexity index is 1940. The van der Waals surface area contributed by atoms with E-state index in [-0.39, 0.29) is 17.4 Å². The van der Waals surface area contributed by atoms with E-state index in [0.717, 1.165) is 60.6 Å². The molecule has 0 radical (unpaired) electrons. The van der Waals surface area contributed by atoms with Crippen LogP contribution in [0.4, 0.5) is 17.3 Å². The summed E-state index contributed by atoms with van der Waals surface area (Å²) in [5, 5.41) is 7.17. The second-order valence-corrected chi connectivity index (χ2v) is 14.2. The number of amides is 1. The molecule has 1 aliphatic heterocycles. The number of nitrogens with zero attached hydrogens (tertiary/aromatic N) is 4. The Morgan fingerprint density at radius 1 is 1.04 bits per heavy atom. The molecule has 3 heterocycles. The fraction of sp³-hybridized carbons (Fsp3) is 0.417. The van der Waals surface area contributed by atoms with E-state index in [9.17, 15) is 14.4 Å². The Labute approximate surface area is 311 Å². The maximum atomic E-state index is 13.5. The highest BCUT2D eigenvalue weighted by atomic mass is 32.2. The number of methoxy groups -OCH3 is 3. The topological polar surface area (TPSA) is 172 Å². The third-order valence-electron chi connectivity index (χ3n) is 8.40. The first-order chi connectivity index (χ1) is 25.2. The van der Waals surface area contributed by atoms with Crippen molar-refractivity contribution in [3.05, 3.63) is 63.1 Å². The van der Waals surface area contributed by atoms with Gasteiger partial charge in [-0.1, -0.05) is 19.1 Å². The smallest absolute Gasteiger partial charge is 0.338 e. The van der Waals surface area contributed by atoms with Crippen LogP contribution in [-0.4, -0.2) is 104 Å². The number of hydrogen-bond acceptors (Lipinski definition) is 14. The molecule has 14 nitrogen and oxygen atoms in total. The maximum Gasteiger partial charge on any atom is 0.338 e. The molecule has 1 aliphatic rings. The number of carbonyl (C=O) groups excluding carboxylic acids is 3. The van der Waals surface area contributed by atoms with Gasteiger partial charge in [-0.25, -0.2) is 19.6 Å². The quantitative estimate of drug-likeness (QED) is 0.0446. The first-order valence-corrected chi connectivity index (χ1v) is 18.7. The summed E-state index contributed by atoms with van der Waals surface area (Å²) in [6, 6.07) is 6.62. The molecule has 1 amide bonds. The number of esters is 2. The lowest BCUT2D eigenvalue weighted by Crippen LogP contribution is -2.36. The first-order valence-electron chi connectivity index (χ1n) is 16.9. The standard InChI is InChI=1S/C36H45N7O7S2/c1-6-26-32(52-22(2)39-26)33(44)41-36-40-27-19-24(35(46)49-5)20-28(47-3)31(27)43(36)12-8-7-10-38-30-25(37)18-23(34(45)48-4)21-29(30)51-17-9-11-42-13-15-50-16-14-42/h7-8,18-21,38H,6,9-17,37H2,1-5H3,(H,40,41,44)/b8-7+. The van der Waals surface area contributed by atoms with Crippen LogP contribution in [0.15, 0.2) is 41.3 Å². The van der Waals surface area contributed by atoms with E-state index in [1.807, 2.05) is 36.6 Å². The summed E-state index contributed by atoms with van der Waals surface area (Å²) in [5.41, 5.74) is 10.1. The highest BCUT2D eigenvalue weighted by Gasteiger charge is 2.23. The Morgan fingerprint density at radius 3 is 2.46 bits per heavy atom. The first kappa shape index (κ1) is 38.6. The number of ether oxygens (including phenoxy) is 4. The number of thioether (sulfide) groups is 1. The van der Waals surface area contributed by atoms with Crippen LogP contribution < -0.4 is 21.1 Å². The summed E-state index contributed by atoms with van der Waals surface area (Å²) < 4.78 is 22.8. The summed E-state index contributed by atoms with van der Waals surface area (Å²) in [6.07, 6.45) is 5.45. The van der Waals surface area contributed by atoms with Gasteiger partial charge >= 0.3 is 11.9 Å². The van der Waals surface area contributed by atoms with Crippen LogP contribution in [0, 0.1) is 6.92 Å². The normalized spacial score (nSPS) is 13.4. The number of fused-ring (bicyclic) bond motifs is 1. The fourth-order valence-corrected chi connectivity index (χ4v) is 7.78. The Hall–Kier alpha value is -4.64. The van der Waals surface area contributed by atoms with Crippen molar-refractivity contribution in [1.29, 1.82) is 0 Å². The number of nitrogen functional groups attached to an aromatic ring is 1. The second kappa shape index (κ2) is 18.2. The third kappa shape index (κ3) is 9.23. The Morgan fingerprint density at radius 2 is 1.77 bits per heavy atom. The van der Waals surface area contributed by atoms with Gasteiger partial charge in [-0.2, -0.15) is 0 Å². The number of aromatic nitrogens is 3. The SMILES string of the molecule is CCc1nc(C)sc1C(=O)Nc1nc2cc(C(=O)OC)cc(OC)c2n1C/C=C/CNc1c(N)cc(C(=O)OC)cc1SCCCN1CCOCC1. The zero-order valence-corrected chi connectivity index (χ0v) is 31.7. The minimum Gasteiger partial charge on any atom is -0.494 e. The van der Waals surface area contributed by atoms with Gasteiger partial charge in [-0.15, -0.1) is 23.1 Å². The summed E-state index contributed by atoms with van der Waals surface area (Å²) >= 11 is 2.96. The van der Waals surface area contributed by atoms with Crippen LogP contribution in [0.25, 0.3) is 11.0 Å². The minimum absolute atomic E-state index is 0.269. The minimum atomic E-state index is -0.535. The number of morpholine rings is 1. The number of nitrogens with one attached hydrogen (secondary N) is 2. The number of hydrogen-bond donors (Lipinski definition) is 3. The van der Waals surface area contributed by atoms with Crippen LogP contribution in [0.2, 0.25) is 0 Å². The summed E-state index contributed by atoms with van der Waals surface area (Å²) in [7, 11) is 4.16. The average Bonchev–Trinajstić information content (AvgIpc) is 3.72. The number of imidazole rings is 1. The lowest BCUT2D eigenvalue weighted by atomic mass is 10.1. The highest BCUT2D eigenvalue weighted by molar-refractivity contribution is 7.99. The number of nitrogens with two attached hydrogens (primary N) is 1. The lowest BCUT2D eigenvalue weighted by molar-refractivity contribution is 0.0381. The number of anilines is 3. The molecule has 278 valence electrons. The molecule has 0 saturated carbocycles. The fourth-order valence-electron chi connectivity index (χ4n) is 5.84. The average molecular weight is 752 g/mol. The van der Waals surface area contributed by atoms with Crippen molar-refractivity contribution in [2.24, 2.45) is 0 Å². The van der Waals surface area contributed by atoms with Gasteiger partial charge in [-0.3, -0.25) is 15.0 Å². The molecule has 0 aliphatic carbocycles. The summed E-state index contributed by atoms with van der Waals surface area (Å²) in [5.74, 6) is 0.215. The van der Waals surface area contributed by atoms with E-state index in [0.29, 0.717) is 58.1 Å². The monoisotopic (exact) mass is 751 g/mol. The van der Waals surface area contributed by atoms with Gasteiger partial charge in [0, 0.05) is 31.1 Å². The van der Waals surface area contributed by atoms with E-state index < -0.39 is 11.9 Å². The van der Waals surface area contributed by atoms with Crippen molar-refractivity contribution in [2.75, 3.05) is 82.8 Å².